The van der Waals surface area contributed by atoms with Crippen LogP contribution in [0.2, 0.25) is 0 Å². The molecule has 0 saturated carbocycles. The van der Waals surface area contributed by atoms with Crippen molar-refractivity contribution in [1.29, 1.82) is 0 Å². The minimum absolute atomic E-state index is 0.0525. The summed E-state index contributed by atoms with van der Waals surface area (Å²) in [5.41, 5.74) is 0.375. The summed E-state index contributed by atoms with van der Waals surface area (Å²) in [5, 5.41) is 0. The molecule has 0 N–H and O–H groups in total. The molecule has 0 aliphatic carbocycles. The Morgan fingerprint density at radius 1 is 1.31 bits per heavy atom. The molecule has 0 aliphatic rings. The van der Waals surface area contributed by atoms with E-state index in [0.29, 0.717) is 0 Å². The normalized spacial score (nSPS) is 10.2. The van der Waals surface area contributed by atoms with Gasteiger partial charge in [-0.05, 0) is 25.0 Å². The molecule has 70 valence electrons. The first-order valence-corrected chi connectivity index (χ1v) is 3.95. The molecule has 0 aromatic heterocycles. The third-order valence-electron chi connectivity index (χ3n) is 1.79. The quantitative estimate of drug-likeness (QED) is 0.689. The molecule has 1 aromatic rings. The van der Waals surface area contributed by atoms with Crippen LogP contribution in [-0.2, 0) is 11.2 Å². The summed E-state index contributed by atoms with van der Waals surface area (Å²) in [6.45, 7) is 2.83. The fourth-order valence-electron chi connectivity index (χ4n) is 1.09. The van der Waals surface area contributed by atoms with E-state index >= 15 is 0 Å². The van der Waals surface area contributed by atoms with Crippen molar-refractivity contribution < 1.29 is 13.6 Å². The van der Waals surface area contributed by atoms with Gasteiger partial charge in [0.25, 0.3) is 0 Å². The summed E-state index contributed by atoms with van der Waals surface area (Å²) >= 11 is 0. The second kappa shape index (κ2) is 3.64. The van der Waals surface area contributed by atoms with E-state index in [1.54, 1.807) is 0 Å². The van der Waals surface area contributed by atoms with E-state index in [9.17, 15) is 13.6 Å². The Morgan fingerprint density at radius 2 is 1.92 bits per heavy atom. The van der Waals surface area contributed by atoms with Gasteiger partial charge in [0.2, 0.25) is 0 Å². The number of halogens is 2. The third kappa shape index (κ3) is 2.11. The second-order valence-electron chi connectivity index (χ2n) is 3.05. The van der Waals surface area contributed by atoms with E-state index in [1.807, 2.05) is 0 Å². The van der Waals surface area contributed by atoms with Gasteiger partial charge in [0.05, 0.1) is 0 Å². The monoisotopic (exact) mass is 184 g/mol. The Balaban J connectivity index is 3.10. The molecule has 0 amide bonds. The van der Waals surface area contributed by atoms with Crippen molar-refractivity contribution in [3.05, 3.63) is 34.9 Å². The Kier molecular flexibility index (Phi) is 2.76. The predicted octanol–water partition coefficient (Wildman–Crippen LogP) is 2.40. The smallest absolute Gasteiger partial charge is 0.162 e. The van der Waals surface area contributed by atoms with Gasteiger partial charge in [0.15, 0.2) is 11.6 Å². The topological polar surface area (TPSA) is 17.1 Å². The molecule has 1 nitrogen and oxygen atoms in total. The highest BCUT2D eigenvalue weighted by Gasteiger charge is 2.11. The van der Waals surface area contributed by atoms with Crippen LogP contribution in [0.3, 0.4) is 0 Å². The minimum Gasteiger partial charge on any atom is -0.300 e. The molecule has 1 rings (SSSR count). The first kappa shape index (κ1) is 9.84. The zero-order valence-corrected chi connectivity index (χ0v) is 7.53. The largest absolute Gasteiger partial charge is 0.300 e. The first-order chi connectivity index (χ1) is 6.02. The number of Topliss-reactive ketones (excluding diaryl/α,β-unsaturated/α-hetero) is 1. The van der Waals surface area contributed by atoms with Crippen LogP contribution in [0.4, 0.5) is 8.78 Å². The molecule has 3 heteroatoms. The van der Waals surface area contributed by atoms with Gasteiger partial charge >= 0.3 is 0 Å². The SMILES string of the molecule is CC(=O)Cc1ccc(C)c(F)c1F. The number of carbonyl (C=O) groups is 1. The molecular formula is C10H10F2O. The minimum atomic E-state index is -0.907. The number of hydrogen-bond acceptors (Lipinski definition) is 1. The molecule has 0 fully saturated rings. The number of aryl methyl sites for hydroxylation is 1. The van der Waals surface area contributed by atoms with Gasteiger partial charge in [-0.2, -0.15) is 0 Å². The lowest BCUT2D eigenvalue weighted by atomic mass is 10.1. The van der Waals surface area contributed by atoms with E-state index in [1.165, 1.54) is 26.0 Å². The van der Waals surface area contributed by atoms with Crippen LogP contribution in [-0.4, -0.2) is 5.78 Å². The van der Waals surface area contributed by atoms with Gasteiger partial charge in [-0.25, -0.2) is 8.78 Å². The van der Waals surface area contributed by atoms with Crippen molar-refractivity contribution >= 4 is 5.78 Å². The lowest BCUT2D eigenvalue weighted by molar-refractivity contribution is -0.116. The molecule has 0 radical (unpaired) electrons. The number of hydrogen-bond donors (Lipinski definition) is 0. The Bertz CT molecular complexity index is 345. The van der Waals surface area contributed by atoms with E-state index in [-0.39, 0.29) is 23.3 Å². The van der Waals surface area contributed by atoms with Crippen molar-refractivity contribution in [3.8, 4) is 0 Å². The molecule has 1 aromatic carbocycles. The zero-order chi connectivity index (χ0) is 10.0. The van der Waals surface area contributed by atoms with Crippen LogP contribution >= 0.6 is 0 Å². The maximum absolute atomic E-state index is 13.1. The van der Waals surface area contributed by atoms with Crippen molar-refractivity contribution in [2.75, 3.05) is 0 Å². The Morgan fingerprint density at radius 3 is 2.46 bits per heavy atom. The molecule has 0 aliphatic heterocycles. The van der Waals surface area contributed by atoms with Crippen molar-refractivity contribution in [3.63, 3.8) is 0 Å². The summed E-state index contributed by atoms with van der Waals surface area (Å²) in [7, 11) is 0. The lowest BCUT2D eigenvalue weighted by Gasteiger charge is -2.03. The maximum atomic E-state index is 13.1. The van der Waals surface area contributed by atoms with E-state index in [0.717, 1.165) is 0 Å². The summed E-state index contributed by atoms with van der Waals surface area (Å²) < 4.78 is 26.1. The van der Waals surface area contributed by atoms with E-state index in [4.69, 9.17) is 0 Å². The van der Waals surface area contributed by atoms with Crippen LogP contribution in [0.5, 0.6) is 0 Å². The highest BCUT2D eigenvalue weighted by Crippen LogP contribution is 2.15. The van der Waals surface area contributed by atoms with Gasteiger partial charge in [-0.15, -0.1) is 0 Å². The van der Waals surface area contributed by atoms with Crippen molar-refractivity contribution in [2.45, 2.75) is 20.3 Å². The summed E-state index contributed by atoms with van der Waals surface area (Å²) in [6.07, 6.45) is -0.0525. The zero-order valence-electron chi connectivity index (χ0n) is 7.53. The van der Waals surface area contributed by atoms with Crippen LogP contribution in [0.15, 0.2) is 12.1 Å². The second-order valence-corrected chi connectivity index (χ2v) is 3.05. The van der Waals surface area contributed by atoms with Crippen LogP contribution in [0.25, 0.3) is 0 Å². The Hall–Kier alpha value is -1.25. The molecule has 13 heavy (non-hydrogen) atoms. The number of carbonyl (C=O) groups excluding carboxylic acids is 1. The fourth-order valence-corrected chi connectivity index (χ4v) is 1.09. The van der Waals surface area contributed by atoms with Gasteiger partial charge < -0.3 is 0 Å². The number of ketones is 1. The highest BCUT2D eigenvalue weighted by molar-refractivity contribution is 5.78. The molecule has 0 spiro atoms. The molecule has 0 saturated heterocycles. The van der Waals surface area contributed by atoms with Crippen LogP contribution in [0.1, 0.15) is 18.1 Å². The highest BCUT2D eigenvalue weighted by atomic mass is 19.2. The lowest BCUT2D eigenvalue weighted by Crippen LogP contribution is -2.02. The Labute approximate surface area is 75.4 Å². The van der Waals surface area contributed by atoms with Gasteiger partial charge in [0.1, 0.15) is 5.78 Å². The molecular weight excluding hydrogens is 174 g/mol. The number of benzene rings is 1. The predicted molar refractivity (Wildman–Crippen MR) is 45.5 cm³/mol. The third-order valence-corrected chi connectivity index (χ3v) is 1.79. The average Bonchev–Trinajstić information content (AvgIpc) is 2.06. The van der Waals surface area contributed by atoms with E-state index < -0.39 is 11.6 Å². The van der Waals surface area contributed by atoms with Gasteiger partial charge in [-0.1, -0.05) is 12.1 Å². The van der Waals surface area contributed by atoms with Gasteiger partial charge in [0, 0.05) is 6.42 Å². The van der Waals surface area contributed by atoms with Crippen molar-refractivity contribution in [2.24, 2.45) is 0 Å². The molecule has 0 unspecified atom stereocenters. The van der Waals surface area contributed by atoms with Crippen molar-refractivity contribution in [1.82, 2.24) is 0 Å². The summed E-state index contributed by atoms with van der Waals surface area (Å²) in [5.74, 6) is -1.95. The molecule has 0 bridgehead atoms. The maximum Gasteiger partial charge on any atom is 0.162 e. The summed E-state index contributed by atoms with van der Waals surface area (Å²) in [4.78, 5) is 10.7. The molecule has 0 atom stereocenters. The van der Waals surface area contributed by atoms with Gasteiger partial charge in [-0.3, -0.25) is 4.79 Å². The summed E-state index contributed by atoms with van der Waals surface area (Å²) in [6, 6.07) is 2.91. The first-order valence-electron chi connectivity index (χ1n) is 3.95. The van der Waals surface area contributed by atoms with E-state index in [2.05, 4.69) is 0 Å². The standard InChI is InChI=1S/C10H10F2O/c1-6-3-4-8(5-7(2)13)10(12)9(6)11/h3-4H,5H2,1-2H3. The molecule has 0 heterocycles. The fraction of sp³-hybridized carbons (Fsp3) is 0.300. The van der Waals surface area contributed by atoms with Crippen LogP contribution in [0, 0.1) is 18.6 Å². The number of rotatable bonds is 2. The van der Waals surface area contributed by atoms with Crippen LogP contribution < -0.4 is 0 Å². The average molecular weight is 184 g/mol.